The first kappa shape index (κ1) is 51.6. The van der Waals surface area contributed by atoms with Gasteiger partial charge in [0.2, 0.25) is 5.36 Å². The van der Waals surface area contributed by atoms with Crippen LogP contribution < -0.4 is 24.6 Å². The molecule has 0 unspecified atom stereocenters. The van der Waals surface area contributed by atoms with Crippen molar-refractivity contribution in [2.45, 2.75) is 102 Å². The molecule has 1 aliphatic carbocycles. The van der Waals surface area contributed by atoms with Gasteiger partial charge in [-0.25, -0.2) is 13.7 Å². The standard InChI is InChI=1S/C44H52N4O8S2.2O3S/c1-29-27-43(2,3)48(19-10-12-40(49)50)39-26-37-35(24-33(29)39)41(42-45(6)20-21-46(42)17-7-8-22-57(51,52)53)34-23-31-11-9-18-47(38(31)25-36(34)44(37,4)5)28-30-13-15-32(16-14-30)58(54,55)56;2*1-4(2)3/h13-16,20-21,23-27H,7-12,17-19,22,28H2,1-6H3,(H-2,49,50,51,52,53,54,55,56);;/p+2. The predicted octanol–water partition coefficient (Wildman–Crippen LogP) is 2.61. The molecule has 22 heteroatoms. The zero-order valence-corrected chi connectivity index (χ0v) is 40.6. The lowest BCUT2D eigenvalue weighted by Crippen LogP contribution is -2.47. The Hall–Kier alpha value is -5.39. The number of allylic oxidation sites excluding steroid dienone is 1. The van der Waals surface area contributed by atoms with Gasteiger partial charge < -0.3 is 10.0 Å². The Morgan fingerprint density at radius 3 is 2.06 bits per heavy atom. The van der Waals surface area contributed by atoms with E-state index in [2.05, 4.69) is 83.6 Å². The van der Waals surface area contributed by atoms with E-state index in [-0.39, 0.29) is 22.6 Å². The number of anilines is 1. The number of nitrogens with zero attached hydrogens (tertiary/aromatic N) is 4. The van der Waals surface area contributed by atoms with Gasteiger partial charge in [-0.15, -0.1) is 25.3 Å². The minimum absolute atomic E-state index is 0.0797. The number of fused-ring (bicyclic) bond motifs is 4. The van der Waals surface area contributed by atoms with Crippen LogP contribution >= 0.6 is 0 Å². The van der Waals surface area contributed by atoms with Gasteiger partial charge in [0.1, 0.15) is 18.9 Å². The van der Waals surface area contributed by atoms with Crippen molar-refractivity contribution in [3.05, 3.63) is 117 Å². The van der Waals surface area contributed by atoms with Gasteiger partial charge in [-0.1, -0.05) is 32.1 Å². The van der Waals surface area contributed by atoms with Crippen LogP contribution in [0.3, 0.4) is 0 Å². The molecule has 3 aromatic carbocycles. The van der Waals surface area contributed by atoms with E-state index >= 15 is 0 Å². The molecule has 3 N–H and O–H groups in total. The van der Waals surface area contributed by atoms with Crippen molar-refractivity contribution >= 4 is 64.3 Å². The van der Waals surface area contributed by atoms with Crippen molar-refractivity contribution in [1.29, 1.82) is 0 Å². The van der Waals surface area contributed by atoms with Crippen molar-refractivity contribution in [2.24, 2.45) is 7.05 Å². The molecule has 4 aromatic rings. The summed E-state index contributed by atoms with van der Waals surface area (Å²) in [6, 6.07) is 15.7. The highest BCUT2D eigenvalue weighted by atomic mass is 32.2. The predicted molar refractivity (Wildman–Crippen MR) is 243 cm³/mol. The molecule has 0 atom stereocenters. The van der Waals surface area contributed by atoms with Crippen LogP contribution in [0.1, 0.15) is 106 Å². The molecule has 66 heavy (non-hydrogen) atoms. The summed E-state index contributed by atoms with van der Waals surface area (Å²) < 4.78 is 123. The monoisotopic (exact) mass is 990 g/mol. The summed E-state index contributed by atoms with van der Waals surface area (Å²) in [5, 5.41) is 11.8. The first-order chi connectivity index (χ1) is 30.6. The van der Waals surface area contributed by atoms with E-state index in [1.807, 2.05) is 19.4 Å². The molecule has 0 radical (unpaired) electrons. The van der Waals surface area contributed by atoms with E-state index in [1.54, 1.807) is 12.1 Å². The van der Waals surface area contributed by atoms with Crippen molar-refractivity contribution in [3.63, 3.8) is 0 Å². The number of rotatable bonds is 13. The summed E-state index contributed by atoms with van der Waals surface area (Å²) in [4.78, 5) is 13.8. The number of aliphatic carboxylic acids is 1. The van der Waals surface area contributed by atoms with Gasteiger partial charge in [0.05, 0.1) is 35.4 Å². The van der Waals surface area contributed by atoms with Crippen LogP contribution in [-0.2, 0) is 78.2 Å². The van der Waals surface area contributed by atoms with Gasteiger partial charge in [0, 0.05) is 53.2 Å². The molecule has 1 aromatic heterocycles. The second-order valence-electron chi connectivity index (χ2n) is 17.5. The van der Waals surface area contributed by atoms with Crippen molar-refractivity contribution in [2.75, 3.05) is 23.7 Å². The van der Waals surface area contributed by atoms with Crippen LogP contribution in [-0.4, -0.2) is 91.2 Å². The summed E-state index contributed by atoms with van der Waals surface area (Å²) in [5.41, 5.74) is 9.11. The lowest BCUT2D eigenvalue weighted by atomic mass is 9.68. The highest BCUT2D eigenvalue weighted by Gasteiger charge is 2.41. The molecule has 7 rings (SSSR count). The van der Waals surface area contributed by atoms with E-state index in [1.165, 1.54) is 17.7 Å². The fourth-order valence-corrected chi connectivity index (χ4v) is 10.4. The van der Waals surface area contributed by atoms with Crippen LogP contribution in [0.5, 0.6) is 0 Å². The second-order valence-corrected chi connectivity index (χ2v) is 21.4. The third kappa shape index (κ3) is 12.1. The SMILES string of the molecule is CC1=CC(C)(C)N(CCCC(=O)O)c2cc3c(cc21)C(c1n(CCCCS(=O)(=O)O)cc[n+]1C)=c1cc2c(cc1C3(C)C)=[N+](Cc1ccc(S(=O)(=O)O)cc1)CCC2.O=S(=O)=O.O=S(=O)=O. The molecule has 3 aliphatic rings. The number of carboxylic acid groups (broad SMARTS) is 1. The van der Waals surface area contributed by atoms with E-state index in [4.69, 9.17) is 25.3 Å². The largest absolute Gasteiger partial charge is 0.481 e. The minimum Gasteiger partial charge on any atom is -0.481 e. The molecule has 3 heterocycles. The maximum atomic E-state index is 11.7. The Balaban J connectivity index is 0.000000945. The van der Waals surface area contributed by atoms with Crippen LogP contribution in [0.25, 0.3) is 11.1 Å². The normalized spacial score (nSPS) is 15.6. The third-order valence-corrected chi connectivity index (χ3v) is 13.8. The number of carboxylic acids is 1. The van der Waals surface area contributed by atoms with E-state index in [0.717, 1.165) is 80.4 Å². The molecular formula is C44H54N4O14S4+2. The van der Waals surface area contributed by atoms with Crippen molar-refractivity contribution < 1.29 is 65.7 Å². The van der Waals surface area contributed by atoms with Crippen LogP contribution in [0.4, 0.5) is 5.69 Å². The first-order valence-electron chi connectivity index (χ1n) is 20.9. The molecule has 0 bridgehead atoms. The zero-order valence-electron chi connectivity index (χ0n) is 37.4. The number of unbranched alkanes of at least 4 members (excludes halogenated alkanes) is 1. The van der Waals surface area contributed by atoms with Gasteiger partial charge in [-0.05, 0) is 104 Å². The van der Waals surface area contributed by atoms with Gasteiger partial charge in [-0.2, -0.15) is 16.8 Å². The summed E-state index contributed by atoms with van der Waals surface area (Å²) >= 11 is 0. The van der Waals surface area contributed by atoms with Gasteiger partial charge in [0.25, 0.3) is 26.1 Å². The maximum Gasteiger partial charge on any atom is 0.425 e. The maximum absolute atomic E-state index is 11.7. The highest BCUT2D eigenvalue weighted by molar-refractivity contribution is 7.86. The summed E-state index contributed by atoms with van der Waals surface area (Å²) in [7, 11) is -12.6. The Labute approximate surface area is 386 Å². The summed E-state index contributed by atoms with van der Waals surface area (Å²) in [6.45, 7) is 13.5. The molecular weight excluding hydrogens is 937 g/mol. The lowest BCUT2D eigenvalue weighted by Gasteiger charge is -2.45. The van der Waals surface area contributed by atoms with E-state index < -0.39 is 52.8 Å². The van der Waals surface area contributed by atoms with Gasteiger partial charge >= 0.3 is 27.2 Å². The molecule has 0 amide bonds. The minimum atomic E-state index is -4.30. The van der Waals surface area contributed by atoms with Gasteiger partial charge in [0.15, 0.2) is 6.54 Å². The Bertz CT molecular complexity index is 3160. The summed E-state index contributed by atoms with van der Waals surface area (Å²) in [5.74, 6) is -0.130. The number of aromatic nitrogens is 2. The average Bonchev–Trinajstić information content (AvgIpc) is 3.55. The highest BCUT2D eigenvalue weighted by Crippen LogP contribution is 2.47. The van der Waals surface area contributed by atoms with Crippen LogP contribution in [0, 0.1) is 0 Å². The molecule has 0 spiro atoms. The first-order valence-corrected chi connectivity index (χ1v) is 26.0. The molecule has 0 saturated carbocycles. The fraction of sp³-hybridized carbons (Fsp3) is 0.432. The number of hydrogen-bond acceptors (Lipinski definition) is 12. The smallest absolute Gasteiger partial charge is 0.425 e. The topological polar surface area (TPSA) is 264 Å². The number of hydrogen-bond donors (Lipinski definition) is 3. The lowest BCUT2D eigenvalue weighted by molar-refractivity contribution is -0.673. The quantitative estimate of drug-likeness (QED) is 0.0988. The van der Waals surface area contributed by atoms with E-state index in [0.29, 0.717) is 38.9 Å². The molecule has 18 nitrogen and oxygen atoms in total. The van der Waals surface area contributed by atoms with Crippen LogP contribution in [0.2, 0.25) is 0 Å². The zero-order chi connectivity index (χ0) is 49.1. The third-order valence-electron chi connectivity index (χ3n) is 12.2. The summed E-state index contributed by atoms with van der Waals surface area (Å²) in [6.07, 6.45) is 9.60. The Kier molecular flexibility index (Phi) is 15.8. The Morgan fingerprint density at radius 1 is 0.833 bits per heavy atom. The second kappa shape index (κ2) is 20.2. The van der Waals surface area contributed by atoms with Gasteiger partial charge in [-0.3, -0.25) is 13.9 Å². The molecule has 356 valence electrons. The van der Waals surface area contributed by atoms with Crippen molar-refractivity contribution in [1.82, 2.24) is 9.14 Å². The number of benzene rings is 3. The van der Waals surface area contributed by atoms with Crippen LogP contribution in [0.15, 0.2) is 71.9 Å². The fourth-order valence-electron chi connectivity index (χ4n) is 9.35. The molecule has 0 fully saturated rings. The number of carbonyl (C=O) groups is 1. The number of aryl methyl sites for hydroxylation is 3. The Morgan fingerprint density at radius 2 is 1.47 bits per heavy atom. The molecule has 2 aliphatic heterocycles. The number of imidazole rings is 1. The molecule has 0 saturated heterocycles. The average molecular weight is 991 g/mol. The van der Waals surface area contributed by atoms with E-state index in [9.17, 15) is 35.8 Å². The van der Waals surface area contributed by atoms with Crippen molar-refractivity contribution in [3.8, 4) is 0 Å².